The summed E-state index contributed by atoms with van der Waals surface area (Å²) in [5.74, 6) is 0.574. The number of aryl methyl sites for hydroxylation is 2. The van der Waals surface area contributed by atoms with Gasteiger partial charge in [0.05, 0.1) is 13.8 Å². The maximum atomic E-state index is 10.1. The molecule has 1 aromatic heterocycles. The molecule has 0 aliphatic carbocycles. The number of ether oxygens (including phenoxy) is 1. The normalized spacial score (nSPS) is 12.3. The van der Waals surface area contributed by atoms with Crippen LogP contribution >= 0.6 is 0 Å². The average Bonchev–Trinajstić information content (AvgIpc) is 3.12. The maximum Gasteiger partial charge on any atom is 0.163 e. The quantitative estimate of drug-likeness (QED) is 0.296. The van der Waals surface area contributed by atoms with Crippen LogP contribution in [0.4, 0.5) is 0 Å². The van der Waals surface area contributed by atoms with E-state index in [4.69, 9.17) is 4.74 Å². The van der Waals surface area contributed by atoms with Crippen LogP contribution in [-0.4, -0.2) is 17.9 Å². The van der Waals surface area contributed by atoms with E-state index in [0.717, 1.165) is 22.5 Å². The largest absolute Gasteiger partial charge is 0.485 e. The fourth-order valence-corrected chi connectivity index (χ4v) is 4.52. The Balaban J connectivity index is 2.09. The molecule has 0 fully saturated rings. The SMILES string of the molecule is CCn1nc(C)cc1/C(OCc1ccccc1)=C(/C#N)c1ccc([Si](C)(C)C)cc1. The second kappa shape index (κ2) is 9.14. The smallest absolute Gasteiger partial charge is 0.163 e. The highest BCUT2D eigenvalue weighted by Crippen LogP contribution is 2.29. The van der Waals surface area contributed by atoms with Gasteiger partial charge in [-0.1, -0.05) is 79.4 Å². The molecule has 0 radical (unpaired) electrons. The molecule has 1 heterocycles. The minimum Gasteiger partial charge on any atom is -0.485 e. The summed E-state index contributed by atoms with van der Waals surface area (Å²) in [4.78, 5) is 0. The lowest BCUT2D eigenvalue weighted by molar-refractivity contribution is 0.262. The van der Waals surface area contributed by atoms with Gasteiger partial charge in [-0.15, -0.1) is 0 Å². The predicted octanol–water partition coefficient (Wildman–Crippen LogP) is 5.37. The van der Waals surface area contributed by atoms with E-state index < -0.39 is 8.07 Å². The molecule has 0 atom stereocenters. The Hall–Kier alpha value is -3.10. The minimum absolute atomic E-state index is 0.391. The molecule has 154 valence electrons. The topological polar surface area (TPSA) is 50.8 Å². The molecule has 0 N–H and O–H groups in total. The summed E-state index contributed by atoms with van der Waals surface area (Å²) in [7, 11) is -1.41. The van der Waals surface area contributed by atoms with Crippen LogP contribution in [-0.2, 0) is 17.9 Å². The lowest BCUT2D eigenvalue weighted by atomic mass is 10.0. The van der Waals surface area contributed by atoms with E-state index in [0.29, 0.717) is 24.5 Å². The van der Waals surface area contributed by atoms with Crippen molar-refractivity contribution in [1.29, 1.82) is 5.26 Å². The summed E-state index contributed by atoms with van der Waals surface area (Å²) in [6, 6.07) is 22.8. The number of allylic oxidation sites excluding steroid dienone is 1. The summed E-state index contributed by atoms with van der Waals surface area (Å²) in [6.07, 6.45) is 0. The van der Waals surface area contributed by atoms with Crippen LogP contribution in [0.5, 0.6) is 0 Å². The van der Waals surface area contributed by atoms with Crippen molar-refractivity contribution >= 4 is 24.6 Å². The fourth-order valence-electron chi connectivity index (χ4n) is 3.36. The Labute approximate surface area is 180 Å². The van der Waals surface area contributed by atoms with E-state index >= 15 is 0 Å². The second-order valence-electron chi connectivity index (χ2n) is 8.40. The minimum atomic E-state index is -1.41. The lowest BCUT2D eigenvalue weighted by Gasteiger charge is -2.18. The van der Waals surface area contributed by atoms with E-state index in [1.54, 1.807) is 0 Å². The second-order valence-corrected chi connectivity index (χ2v) is 13.5. The molecule has 0 bridgehead atoms. The van der Waals surface area contributed by atoms with Crippen molar-refractivity contribution in [3.05, 3.63) is 83.2 Å². The Morgan fingerprint density at radius 3 is 2.30 bits per heavy atom. The van der Waals surface area contributed by atoms with Crippen LogP contribution in [0.2, 0.25) is 19.6 Å². The van der Waals surface area contributed by atoms with Crippen molar-refractivity contribution in [3.63, 3.8) is 0 Å². The molecule has 2 aromatic carbocycles. The summed E-state index contributed by atoms with van der Waals surface area (Å²) in [5, 5.41) is 16.0. The van der Waals surface area contributed by atoms with Gasteiger partial charge in [0.25, 0.3) is 0 Å². The van der Waals surface area contributed by atoms with Gasteiger partial charge in [-0.05, 0) is 31.0 Å². The number of hydrogen-bond donors (Lipinski definition) is 0. The van der Waals surface area contributed by atoms with E-state index in [1.165, 1.54) is 5.19 Å². The van der Waals surface area contributed by atoms with Crippen molar-refractivity contribution < 1.29 is 4.74 Å². The molecular weight excluding hydrogens is 386 g/mol. The van der Waals surface area contributed by atoms with E-state index in [2.05, 4.69) is 42.9 Å². The molecule has 0 unspecified atom stereocenters. The highest BCUT2D eigenvalue weighted by molar-refractivity contribution is 6.88. The zero-order chi connectivity index (χ0) is 21.7. The molecule has 3 rings (SSSR count). The molecule has 4 nitrogen and oxygen atoms in total. The van der Waals surface area contributed by atoms with Crippen molar-refractivity contribution in [3.8, 4) is 6.07 Å². The molecule has 0 amide bonds. The van der Waals surface area contributed by atoms with Gasteiger partial charge in [-0.25, -0.2) is 0 Å². The number of hydrogen-bond acceptors (Lipinski definition) is 3. The Bertz CT molecular complexity index is 1070. The summed E-state index contributed by atoms with van der Waals surface area (Å²) in [5.41, 5.74) is 4.18. The molecule has 0 spiro atoms. The molecule has 3 aromatic rings. The highest BCUT2D eigenvalue weighted by Gasteiger charge is 2.20. The third-order valence-electron chi connectivity index (χ3n) is 5.04. The zero-order valence-electron chi connectivity index (χ0n) is 18.4. The molecule has 30 heavy (non-hydrogen) atoms. The van der Waals surface area contributed by atoms with Crippen LogP contribution in [0.15, 0.2) is 60.7 Å². The van der Waals surface area contributed by atoms with Gasteiger partial charge in [0, 0.05) is 6.54 Å². The van der Waals surface area contributed by atoms with E-state index in [1.807, 2.05) is 67.1 Å². The molecule has 0 saturated heterocycles. The van der Waals surface area contributed by atoms with Gasteiger partial charge in [-0.2, -0.15) is 10.4 Å². The maximum absolute atomic E-state index is 10.1. The summed E-state index contributed by atoms with van der Waals surface area (Å²) < 4.78 is 8.17. The monoisotopic (exact) mass is 415 g/mol. The third-order valence-corrected chi connectivity index (χ3v) is 7.10. The van der Waals surface area contributed by atoms with Crippen LogP contribution in [0.25, 0.3) is 11.3 Å². The van der Waals surface area contributed by atoms with Crippen molar-refractivity contribution in [2.75, 3.05) is 0 Å². The van der Waals surface area contributed by atoms with Gasteiger partial charge in [0.15, 0.2) is 5.76 Å². The number of benzene rings is 2. The standard InChI is InChI=1S/C25H29N3OSi/c1-6-28-24(16-19(2)27-28)25(29-18-20-10-8-7-9-11-20)23(17-26)21-12-14-22(15-13-21)30(3,4)5/h7-16H,6,18H2,1-5H3/b25-23+. The van der Waals surface area contributed by atoms with Gasteiger partial charge in [0.2, 0.25) is 0 Å². The Morgan fingerprint density at radius 2 is 1.73 bits per heavy atom. The van der Waals surface area contributed by atoms with Crippen molar-refractivity contribution in [2.24, 2.45) is 0 Å². The Kier molecular flexibility index (Phi) is 6.58. The number of aromatic nitrogens is 2. The number of nitriles is 1. The van der Waals surface area contributed by atoms with Crippen LogP contribution in [0.1, 0.15) is 29.4 Å². The van der Waals surface area contributed by atoms with Crippen molar-refractivity contribution in [1.82, 2.24) is 9.78 Å². The van der Waals surface area contributed by atoms with E-state index in [9.17, 15) is 5.26 Å². The summed E-state index contributed by atoms with van der Waals surface area (Å²) >= 11 is 0. The average molecular weight is 416 g/mol. The number of rotatable bonds is 7. The molecule has 0 aliphatic heterocycles. The molecule has 5 heteroatoms. The van der Waals surface area contributed by atoms with Crippen LogP contribution < -0.4 is 5.19 Å². The highest BCUT2D eigenvalue weighted by atomic mass is 28.3. The molecule has 0 aliphatic rings. The first-order chi connectivity index (χ1) is 14.3. The predicted molar refractivity (Wildman–Crippen MR) is 126 cm³/mol. The fraction of sp³-hybridized carbons (Fsp3) is 0.280. The first-order valence-electron chi connectivity index (χ1n) is 10.3. The van der Waals surface area contributed by atoms with Gasteiger partial charge in [-0.3, -0.25) is 4.68 Å². The van der Waals surface area contributed by atoms with Gasteiger partial charge in [0.1, 0.15) is 23.9 Å². The molecule has 0 saturated carbocycles. The van der Waals surface area contributed by atoms with Crippen molar-refractivity contribution in [2.45, 2.75) is 46.6 Å². The first-order valence-corrected chi connectivity index (χ1v) is 13.8. The third kappa shape index (κ3) is 4.89. The summed E-state index contributed by atoms with van der Waals surface area (Å²) in [6.45, 7) is 12.1. The number of nitrogens with zero attached hydrogens (tertiary/aromatic N) is 3. The first kappa shape index (κ1) is 21.6. The molecular formula is C25H29N3OSi. The Morgan fingerprint density at radius 1 is 1.07 bits per heavy atom. The van der Waals surface area contributed by atoms with Gasteiger partial charge >= 0.3 is 0 Å². The van der Waals surface area contributed by atoms with Crippen LogP contribution in [0.3, 0.4) is 0 Å². The zero-order valence-corrected chi connectivity index (χ0v) is 19.4. The lowest BCUT2D eigenvalue weighted by Crippen LogP contribution is -2.37. The van der Waals surface area contributed by atoms with Crippen LogP contribution in [0, 0.1) is 18.3 Å². The van der Waals surface area contributed by atoms with E-state index in [-0.39, 0.29) is 0 Å². The van der Waals surface area contributed by atoms with Gasteiger partial charge < -0.3 is 4.74 Å².